The van der Waals surface area contributed by atoms with E-state index in [-0.39, 0.29) is 0 Å². The molecular weight excluding hydrogens is 206 g/mol. The first-order chi connectivity index (χ1) is 7.16. The third kappa shape index (κ3) is 2.25. The molecule has 0 bridgehead atoms. The minimum Gasteiger partial charge on any atom is -0.381 e. The lowest BCUT2D eigenvalue weighted by Gasteiger charge is -2.07. The van der Waals surface area contributed by atoms with Gasteiger partial charge in [0.15, 0.2) is 0 Å². The van der Waals surface area contributed by atoms with E-state index in [4.69, 9.17) is 0 Å². The highest BCUT2D eigenvalue weighted by Crippen LogP contribution is 2.24. The Hall–Kier alpha value is -1.19. The van der Waals surface area contributed by atoms with E-state index in [0.717, 1.165) is 16.3 Å². The maximum absolute atomic E-state index is 10.0. The van der Waals surface area contributed by atoms with Crippen LogP contribution in [0.3, 0.4) is 0 Å². The summed E-state index contributed by atoms with van der Waals surface area (Å²) in [6, 6.07) is 7.88. The zero-order valence-corrected chi connectivity index (χ0v) is 9.58. The van der Waals surface area contributed by atoms with Gasteiger partial charge in [-0.1, -0.05) is 29.8 Å². The molecule has 0 spiro atoms. The summed E-state index contributed by atoms with van der Waals surface area (Å²) in [5.74, 6) is 0. The quantitative estimate of drug-likeness (QED) is 0.842. The number of nitrogens with zero attached hydrogens (tertiary/aromatic N) is 1. The number of hydrogen-bond acceptors (Lipinski definition) is 3. The van der Waals surface area contributed by atoms with Crippen LogP contribution in [0, 0.1) is 13.8 Å². The van der Waals surface area contributed by atoms with Crippen LogP contribution in [-0.4, -0.2) is 10.1 Å². The molecule has 2 rings (SSSR count). The van der Waals surface area contributed by atoms with E-state index >= 15 is 0 Å². The van der Waals surface area contributed by atoms with Crippen molar-refractivity contribution in [2.45, 2.75) is 20.0 Å². The van der Waals surface area contributed by atoms with Gasteiger partial charge in [-0.3, -0.25) is 0 Å². The number of thiazole rings is 1. The first-order valence-electron chi connectivity index (χ1n) is 4.83. The number of aliphatic hydroxyl groups excluding tert-OH is 1. The van der Waals surface area contributed by atoms with Gasteiger partial charge in [0.1, 0.15) is 11.1 Å². The van der Waals surface area contributed by atoms with E-state index < -0.39 is 6.10 Å². The van der Waals surface area contributed by atoms with Crippen LogP contribution in [0.4, 0.5) is 0 Å². The fourth-order valence-electron chi connectivity index (χ4n) is 1.39. The van der Waals surface area contributed by atoms with Crippen LogP contribution >= 0.6 is 11.3 Å². The second-order valence-electron chi connectivity index (χ2n) is 3.64. The number of aromatic nitrogens is 1. The van der Waals surface area contributed by atoms with Crippen LogP contribution in [0.1, 0.15) is 27.9 Å². The molecule has 0 saturated heterocycles. The summed E-state index contributed by atoms with van der Waals surface area (Å²) in [7, 11) is 0. The number of benzene rings is 1. The molecular formula is C12H13NOS. The molecule has 0 amide bonds. The van der Waals surface area contributed by atoms with Gasteiger partial charge in [-0.05, 0) is 19.4 Å². The van der Waals surface area contributed by atoms with Crippen molar-refractivity contribution in [3.63, 3.8) is 0 Å². The van der Waals surface area contributed by atoms with E-state index in [1.807, 2.05) is 43.5 Å². The monoisotopic (exact) mass is 219 g/mol. The third-order valence-corrected chi connectivity index (χ3v) is 3.28. The Morgan fingerprint density at radius 2 is 1.87 bits per heavy atom. The van der Waals surface area contributed by atoms with Gasteiger partial charge in [0.05, 0.1) is 0 Å². The van der Waals surface area contributed by atoms with E-state index in [1.54, 1.807) is 0 Å². The standard InChI is InChI=1S/C12H13NOS/c1-8-3-5-10(6-4-8)11(14)12-13-9(2)7-15-12/h3-7,11,14H,1-2H3. The van der Waals surface area contributed by atoms with Gasteiger partial charge in [0, 0.05) is 11.1 Å². The molecule has 2 aromatic rings. The summed E-state index contributed by atoms with van der Waals surface area (Å²) in [5.41, 5.74) is 3.05. The first kappa shape index (κ1) is 10.3. The molecule has 1 aromatic heterocycles. The molecule has 0 aliphatic heterocycles. The van der Waals surface area contributed by atoms with Gasteiger partial charge in [0.25, 0.3) is 0 Å². The molecule has 1 heterocycles. The Labute approximate surface area is 93.2 Å². The minimum absolute atomic E-state index is 0.593. The van der Waals surface area contributed by atoms with Crippen molar-refractivity contribution < 1.29 is 5.11 Å². The van der Waals surface area contributed by atoms with Gasteiger partial charge in [0.2, 0.25) is 0 Å². The van der Waals surface area contributed by atoms with Crippen molar-refractivity contribution >= 4 is 11.3 Å². The largest absolute Gasteiger partial charge is 0.381 e. The fourth-order valence-corrected chi connectivity index (χ4v) is 2.19. The maximum atomic E-state index is 10.0. The lowest BCUT2D eigenvalue weighted by molar-refractivity contribution is 0.219. The van der Waals surface area contributed by atoms with E-state index in [9.17, 15) is 5.11 Å². The predicted octanol–water partition coefficient (Wildman–Crippen LogP) is 2.84. The fraction of sp³-hybridized carbons (Fsp3) is 0.250. The van der Waals surface area contributed by atoms with Crippen molar-refractivity contribution in [2.75, 3.05) is 0 Å². The molecule has 1 N–H and O–H groups in total. The number of hydrogen-bond donors (Lipinski definition) is 1. The number of aryl methyl sites for hydroxylation is 2. The van der Waals surface area contributed by atoms with Crippen LogP contribution in [0.25, 0.3) is 0 Å². The highest BCUT2D eigenvalue weighted by Gasteiger charge is 2.13. The topological polar surface area (TPSA) is 33.1 Å². The second kappa shape index (κ2) is 4.13. The van der Waals surface area contributed by atoms with Crippen molar-refractivity contribution in [2.24, 2.45) is 0 Å². The molecule has 0 fully saturated rings. The minimum atomic E-state index is -0.593. The summed E-state index contributed by atoms with van der Waals surface area (Å²) in [6.45, 7) is 3.96. The van der Waals surface area contributed by atoms with Crippen molar-refractivity contribution in [1.82, 2.24) is 4.98 Å². The molecule has 0 saturated carbocycles. The van der Waals surface area contributed by atoms with Gasteiger partial charge in [-0.15, -0.1) is 11.3 Å². The Kier molecular flexibility index (Phi) is 2.84. The summed E-state index contributed by atoms with van der Waals surface area (Å²) < 4.78 is 0. The second-order valence-corrected chi connectivity index (χ2v) is 4.53. The third-order valence-electron chi connectivity index (χ3n) is 2.26. The number of aliphatic hydroxyl groups is 1. The molecule has 0 aliphatic carbocycles. The predicted molar refractivity (Wildman–Crippen MR) is 62.1 cm³/mol. The lowest BCUT2D eigenvalue weighted by atomic mass is 10.1. The van der Waals surface area contributed by atoms with Gasteiger partial charge in [-0.2, -0.15) is 0 Å². The van der Waals surface area contributed by atoms with E-state index in [2.05, 4.69) is 4.98 Å². The van der Waals surface area contributed by atoms with E-state index in [1.165, 1.54) is 16.9 Å². The molecule has 0 aliphatic rings. The Balaban J connectivity index is 2.28. The summed E-state index contributed by atoms with van der Waals surface area (Å²) in [5, 5.41) is 12.8. The van der Waals surface area contributed by atoms with Crippen LogP contribution < -0.4 is 0 Å². The van der Waals surface area contributed by atoms with Crippen LogP contribution in [0.15, 0.2) is 29.6 Å². The molecule has 1 aromatic carbocycles. The molecule has 3 heteroatoms. The van der Waals surface area contributed by atoms with Crippen molar-refractivity contribution in [3.05, 3.63) is 51.5 Å². The van der Waals surface area contributed by atoms with Gasteiger partial charge >= 0.3 is 0 Å². The average Bonchev–Trinajstić information content (AvgIpc) is 2.65. The summed E-state index contributed by atoms with van der Waals surface area (Å²) >= 11 is 1.50. The zero-order chi connectivity index (χ0) is 10.8. The van der Waals surface area contributed by atoms with Crippen LogP contribution in [0.5, 0.6) is 0 Å². The van der Waals surface area contributed by atoms with Crippen molar-refractivity contribution in [1.29, 1.82) is 0 Å². The molecule has 15 heavy (non-hydrogen) atoms. The molecule has 1 unspecified atom stereocenters. The maximum Gasteiger partial charge on any atom is 0.131 e. The molecule has 1 atom stereocenters. The first-order valence-corrected chi connectivity index (χ1v) is 5.71. The highest BCUT2D eigenvalue weighted by atomic mass is 32.1. The van der Waals surface area contributed by atoms with Gasteiger partial charge in [-0.25, -0.2) is 4.98 Å². The molecule has 2 nitrogen and oxygen atoms in total. The Morgan fingerprint density at radius 1 is 1.20 bits per heavy atom. The number of rotatable bonds is 2. The lowest BCUT2D eigenvalue weighted by Crippen LogP contribution is -1.98. The molecule has 0 radical (unpaired) electrons. The van der Waals surface area contributed by atoms with Gasteiger partial charge < -0.3 is 5.11 Å². The van der Waals surface area contributed by atoms with Crippen molar-refractivity contribution in [3.8, 4) is 0 Å². The van der Waals surface area contributed by atoms with Crippen LogP contribution in [0.2, 0.25) is 0 Å². The smallest absolute Gasteiger partial charge is 0.131 e. The average molecular weight is 219 g/mol. The zero-order valence-electron chi connectivity index (χ0n) is 8.77. The SMILES string of the molecule is Cc1ccc(C(O)c2nc(C)cs2)cc1. The summed E-state index contributed by atoms with van der Waals surface area (Å²) in [6.07, 6.45) is -0.593. The Bertz CT molecular complexity index is 447. The highest BCUT2D eigenvalue weighted by molar-refractivity contribution is 7.09. The normalized spacial score (nSPS) is 12.7. The molecule has 78 valence electrons. The van der Waals surface area contributed by atoms with Crippen LogP contribution in [-0.2, 0) is 0 Å². The van der Waals surface area contributed by atoms with E-state index in [0.29, 0.717) is 0 Å². The Morgan fingerprint density at radius 3 is 2.40 bits per heavy atom. The summed E-state index contributed by atoms with van der Waals surface area (Å²) in [4.78, 5) is 4.28.